The molecule has 0 bridgehead atoms. The van der Waals surface area contributed by atoms with E-state index in [9.17, 15) is 4.39 Å². The molecule has 1 aromatic rings. The molecule has 0 aliphatic rings. The molecule has 1 atom stereocenters. The standard InChI is InChI=1S/C12H17BrFNO/c1-12(15,5-6-16-2)8-9-7-10(14)3-4-11(9)13/h3-4,7H,5-6,8,15H2,1-2H3. The zero-order chi connectivity index (χ0) is 12.2. The molecule has 0 aromatic heterocycles. The molecule has 90 valence electrons. The fourth-order valence-corrected chi connectivity index (χ4v) is 1.92. The Morgan fingerprint density at radius 1 is 1.50 bits per heavy atom. The Bertz CT molecular complexity index is 355. The van der Waals surface area contributed by atoms with Crippen LogP contribution in [-0.2, 0) is 11.2 Å². The van der Waals surface area contributed by atoms with Crippen molar-refractivity contribution in [3.8, 4) is 0 Å². The van der Waals surface area contributed by atoms with Crippen LogP contribution >= 0.6 is 15.9 Å². The predicted octanol–water partition coefficient (Wildman–Crippen LogP) is 2.88. The minimum atomic E-state index is -0.383. The van der Waals surface area contributed by atoms with Crippen LogP contribution in [0.5, 0.6) is 0 Å². The average molecular weight is 290 g/mol. The van der Waals surface area contributed by atoms with Crippen LogP contribution in [-0.4, -0.2) is 19.3 Å². The molecule has 2 N–H and O–H groups in total. The normalized spacial score (nSPS) is 14.8. The molecule has 0 fully saturated rings. The third kappa shape index (κ3) is 4.20. The van der Waals surface area contributed by atoms with Crippen molar-refractivity contribution in [1.82, 2.24) is 0 Å². The number of ether oxygens (including phenoxy) is 1. The highest BCUT2D eigenvalue weighted by atomic mass is 79.9. The van der Waals surface area contributed by atoms with E-state index in [1.54, 1.807) is 13.2 Å². The Balaban J connectivity index is 2.74. The lowest BCUT2D eigenvalue weighted by molar-refractivity contribution is 0.171. The summed E-state index contributed by atoms with van der Waals surface area (Å²) in [5.74, 6) is -0.235. The van der Waals surface area contributed by atoms with Gasteiger partial charge in [0, 0.05) is 23.7 Å². The van der Waals surface area contributed by atoms with Gasteiger partial charge in [0.05, 0.1) is 0 Å². The summed E-state index contributed by atoms with van der Waals surface area (Å²) in [7, 11) is 1.65. The van der Waals surface area contributed by atoms with Crippen molar-refractivity contribution in [2.24, 2.45) is 5.73 Å². The van der Waals surface area contributed by atoms with Crippen molar-refractivity contribution >= 4 is 15.9 Å². The molecule has 0 spiro atoms. The van der Waals surface area contributed by atoms with Gasteiger partial charge in [0.2, 0.25) is 0 Å². The molecule has 16 heavy (non-hydrogen) atoms. The smallest absolute Gasteiger partial charge is 0.123 e. The maximum atomic E-state index is 13.1. The Kier molecular flexibility index (Phi) is 4.89. The average Bonchev–Trinajstić information content (AvgIpc) is 2.20. The minimum absolute atomic E-state index is 0.235. The summed E-state index contributed by atoms with van der Waals surface area (Å²) in [5.41, 5.74) is 6.64. The van der Waals surface area contributed by atoms with Crippen LogP contribution in [0, 0.1) is 5.82 Å². The molecular weight excluding hydrogens is 273 g/mol. The number of hydrogen-bond acceptors (Lipinski definition) is 2. The van der Waals surface area contributed by atoms with Crippen molar-refractivity contribution < 1.29 is 9.13 Å². The van der Waals surface area contributed by atoms with E-state index in [4.69, 9.17) is 10.5 Å². The summed E-state index contributed by atoms with van der Waals surface area (Å²) in [5, 5.41) is 0. The molecule has 0 aliphatic heterocycles. The maximum Gasteiger partial charge on any atom is 0.123 e. The Morgan fingerprint density at radius 3 is 2.81 bits per heavy atom. The first-order chi connectivity index (χ1) is 7.44. The summed E-state index contributed by atoms with van der Waals surface area (Å²) < 4.78 is 19.0. The second-order valence-electron chi connectivity index (χ2n) is 4.31. The molecule has 0 amide bonds. The maximum absolute atomic E-state index is 13.1. The van der Waals surface area contributed by atoms with Crippen LogP contribution in [0.2, 0.25) is 0 Å². The summed E-state index contributed by atoms with van der Waals surface area (Å²) >= 11 is 3.40. The van der Waals surface area contributed by atoms with Crippen LogP contribution < -0.4 is 5.73 Å². The molecule has 4 heteroatoms. The summed E-state index contributed by atoms with van der Waals surface area (Å²) in [6, 6.07) is 4.65. The highest BCUT2D eigenvalue weighted by Crippen LogP contribution is 2.23. The molecule has 0 aliphatic carbocycles. The van der Waals surface area contributed by atoms with E-state index in [1.807, 2.05) is 6.92 Å². The molecule has 1 unspecified atom stereocenters. The quantitative estimate of drug-likeness (QED) is 0.905. The fourth-order valence-electron chi connectivity index (χ4n) is 1.54. The number of rotatable bonds is 5. The van der Waals surface area contributed by atoms with Crippen molar-refractivity contribution in [2.45, 2.75) is 25.3 Å². The van der Waals surface area contributed by atoms with Gasteiger partial charge < -0.3 is 10.5 Å². The van der Waals surface area contributed by atoms with E-state index < -0.39 is 0 Å². The molecule has 2 nitrogen and oxygen atoms in total. The van der Waals surface area contributed by atoms with E-state index >= 15 is 0 Å². The first-order valence-corrected chi connectivity index (χ1v) is 5.96. The molecule has 0 saturated carbocycles. The first-order valence-electron chi connectivity index (χ1n) is 5.16. The van der Waals surface area contributed by atoms with Crippen LogP contribution in [0.1, 0.15) is 18.9 Å². The van der Waals surface area contributed by atoms with Gasteiger partial charge >= 0.3 is 0 Å². The van der Waals surface area contributed by atoms with Crippen molar-refractivity contribution in [2.75, 3.05) is 13.7 Å². The highest BCUT2D eigenvalue weighted by Gasteiger charge is 2.20. The molecule has 1 aromatic carbocycles. The SMILES string of the molecule is COCCC(C)(N)Cc1cc(F)ccc1Br. The topological polar surface area (TPSA) is 35.2 Å². The van der Waals surface area contributed by atoms with Crippen LogP contribution in [0.3, 0.4) is 0 Å². The molecule has 1 rings (SSSR count). The van der Waals surface area contributed by atoms with Gasteiger partial charge in [-0.3, -0.25) is 0 Å². The van der Waals surface area contributed by atoms with Crippen LogP contribution in [0.25, 0.3) is 0 Å². The third-order valence-electron chi connectivity index (χ3n) is 2.48. The van der Waals surface area contributed by atoms with Gasteiger partial charge in [0.1, 0.15) is 5.82 Å². The monoisotopic (exact) mass is 289 g/mol. The van der Waals surface area contributed by atoms with Crippen LogP contribution in [0.4, 0.5) is 4.39 Å². The van der Waals surface area contributed by atoms with Gasteiger partial charge in [0.25, 0.3) is 0 Å². The lowest BCUT2D eigenvalue weighted by Gasteiger charge is -2.25. The predicted molar refractivity (Wildman–Crippen MR) is 66.9 cm³/mol. The van der Waals surface area contributed by atoms with Crippen molar-refractivity contribution in [3.05, 3.63) is 34.1 Å². The number of methoxy groups -OCH3 is 1. The van der Waals surface area contributed by atoms with E-state index in [-0.39, 0.29) is 11.4 Å². The molecule has 0 heterocycles. The first kappa shape index (κ1) is 13.6. The molecule has 0 radical (unpaired) electrons. The van der Waals surface area contributed by atoms with E-state index in [2.05, 4.69) is 15.9 Å². The Hall–Kier alpha value is -0.450. The third-order valence-corrected chi connectivity index (χ3v) is 3.25. The van der Waals surface area contributed by atoms with Gasteiger partial charge in [-0.2, -0.15) is 0 Å². The lowest BCUT2D eigenvalue weighted by atomic mass is 9.91. The summed E-state index contributed by atoms with van der Waals surface area (Å²) in [4.78, 5) is 0. The second kappa shape index (κ2) is 5.75. The fraction of sp³-hybridized carbons (Fsp3) is 0.500. The van der Waals surface area contributed by atoms with E-state index in [0.29, 0.717) is 13.0 Å². The molecular formula is C12H17BrFNO. The number of halogens is 2. The van der Waals surface area contributed by atoms with Gasteiger partial charge in [-0.05, 0) is 43.5 Å². The number of hydrogen-bond donors (Lipinski definition) is 1. The minimum Gasteiger partial charge on any atom is -0.385 e. The largest absolute Gasteiger partial charge is 0.385 e. The van der Waals surface area contributed by atoms with Gasteiger partial charge in [0.15, 0.2) is 0 Å². The van der Waals surface area contributed by atoms with E-state index in [1.165, 1.54) is 12.1 Å². The number of benzene rings is 1. The van der Waals surface area contributed by atoms with Crippen LogP contribution in [0.15, 0.2) is 22.7 Å². The van der Waals surface area contributed by atoms with Crippen molar-refractivity contribution in [3.63, 3.8) is 0 Å². The van der Waals surface area contributed by atoms with Gasteiger partial charge in [-0.15, -0.1) is 0 Å². The summed E-state index contributed by atoms with van der Waals surface area (Å²) in [6.07, 6.45) is 1.36. The van der Waals surface area contributed by atoms with Gasteiger partial charge in [-0.25, -0.2) is 4.39 Å². The number of nitrogens with two attached hydrogens (primary N) is 1. The zero-order valence-corrected chi connectivity index (χ0v) is 11.2. The van der Waals surface area contributed by atoms with Crippen molar-refractivity contribution in [1.29, 1.82) is 0 Å². The molecule has 0 saturated heterocycles. The Morgan fingerprint density at radius 2 is 2.19 bits per heavy atom. The zero-order valence-electron chi connectivity index (χ0n) is 9.59. The van der Waals surface area contributed by atoms with Gasteiger partial charge in [-0.1, -0.05) is 15.9 Å². The highest BCUT2D eigenvalue weighted by molar-refractivity contribution is 9.10. The second-order valence-corrected chi connectivity index (χ2v) is 5.16. The Labute approximate surface area is 104 Å². The van der Waals surface area contributed by atoms with E-state index in [0.717, 1.165) is 16.5 Å². The lowest BCUT2D eigenvalue weighted by Crippen LogP contribution is -2.39. The summed E-state index contributed by atoms with van der Waals surface area (Å²) in [6.45, 7) is 2.56.